The van der Waals surface area contributed by atoms with E-state index < -0.39 is 10.0 Å². The molecule has 0 spiro atoms. The third-order valence-corrected chi connectivity index (χ3v) is 6.70. The van der Waals surface area contributed by atoms with Gasteiger partial charge in [0.15, 0.2) is 0 Å². The second kappa shape index (κ2) is 9.23. The molecule has 0 bridgehead atoms. The molecule has 0 atom stereocenters. The Kier molecular flexibility index (Phi) is 7.57. The first-order chi connectivity index (χ1) is 11.8. The summed E-state index contributed by atoms with van der Waals surface area (Å²) in [6.45, 7) is 0.225. The first kappa shape index (κ1) is 20.5. The average molecular weight is 469 g/mol. The van der Waals surface area contributed by atoms with Crippen LogP contribution < -0.4 is 9.46 Å². The minimum atomic E-state index is -3.62. The van der Waals surface area contributed by atoms with E-state index in [0.717, 1.165) is 0 Å². The molecule has 1 N–H and O–H groups in total. The zero-order valence-corrected chi connectivity index (χ0v) is 17.2. The molecule has 9 heteroatoms. The molecular weight excluding hydrogens is 453 g/mol. The first-order valence-electron chi connectivity index (χ1n) is 7.19. The normalized spacial score (nSPS) is 11.5. The van der Waals surface area contributed by atoms with Gasteiger partial charge in [0.05, 0.1) is 16.5 Å². The van der Waals surface area contributed by atoms with Crippen molar-refractivity contribution in [1.82, 2.24) is 4.72 Å². The Balaban J connectivity index is 1.87. The summed E-state index contributed by atoms with van der Waals surface area (Å²) in [5.74, 6) is 1.06. The maximum absolute atomic E-state index is 13.6. The van der Waals surface area contributed by atoms with Crippen molar-refractivity contribution in [3.8, 4) is 5.75 Å². The standard InChI is InChI=1S/C16H16BrClFNO3S2/c1-23-16-6-5-11(9-13(16)17)25(21,22)20-7-8-24-10-12-14(18)3-2-4-15(12)19/h2-6,9,20H,7-8,10H2,1H3. The molecule has 0 radical (unpaired) electrons. The fourth-order valence-electron chi connectivity index (χ4n) is 1.99. The van der Waals surface area contributed by atoms with Crippen molar-refractivity contribution in [1.29, 1.82) is 0 Å². The summed E-state index contributed by atoms with van der Waals surface area (Å²) >= 11 is 10.6. The van der Waals surface area contributed by atoms with Crippen LogP contribution >= 0.6 is 39.3 Å². The smallest absolute Gasteiger partial charge is 0.240 e. The van der Waals surface area contributed by atoms with E-state index in [1.807, 2.05) is 0 Å². The molecule has 0 amide bonds. The molecule has 2 rings (SSSR count). The monoisotopic (exact) mass is 467 g/mol. The maximum Gasteiger partial charge on any atom is 0.240 e. The molecule has 0 heterocycles. The first-order valence-corrected chi connectivity index (χ1v) is 11.0. The Hall–Kier alpha value is -0.800. The van der Waals surface area contributed by atoms with Gasteiger partial charge in [-0.3, -0.25) is 0 Å². The Morgan fingerprint density at radius 1 is 1.32 bits per heavy atom. The van der Waals surface area contributed by atoms with Crippen LogP contribution in [-0.2, 0) is 15.8 Å². The van der Waals surface area contributed by atoms with Gasteiger partial charge in [-0.25, -0.2) is 17.5 Å². The van der Waals surface area contributed by atoms with Gasteiger partial charge in [0.1, 0.15) is 11.6 Å². The number of methoxy groups -OCH3 is 1. The van der Waals surface area contributed by atoms with Crippen molar-refractivity contribution in [3.63, 3.8) is 0 Å². The predicted octanol–water partition coefficient (Wildman–Crippen LogP) is 4.46. The van der Waals surface area contributed by atoms with Gasteiger partial charge in [-0.05, 0) is 46.3 Å². The van der Waals surface area contributed by atoms with Crippen molar-refractivity contribution < 1.29 is 17.5 Å². The van der Waals surface area contributed by atoms with E-state index in [-0.39, 0.29) is 17.3 Å². The molecule has 0 fully saturated rings. The lowest BCUT2D eigenvalue weighted by Crippen LogP contribution is -2.26. The largest absolute Gasteiger partial charge is 0.496 e. The topological polar surface area (TPSA) is 55.4 Å². The summed E-state index contributed by atoms with van der Waals surface area (Å²) in [5, 5.41) is 0.371. The maximum atomic E-state index is 13.6. The molecule has 0 aliphatic carbocycles. The van der Waals surface area contributed by atoms with Gasteiger partial charge in [0.25, 0.3) is 0 Å². The van der Waals surface area contributed by atoms with Crippen molar-refractivity contribution >= 4 is 49.3 Å². The lowest BCUT2D eigenvalue weighted by atomic mass is 10.2. The van der Waals surface area contributed by atoms with Crippen LogP contribution in [0.1, 0.15) is 5.56 Å². The van der Waals surface area contributed by atoms with Crippen LogP contribution in [0.5, 0.6) is 5.75 Å². The lowest BCUT2D eigenvalue weighted by molar-refractivity contribution is 0.411. The summed E-state index contributed by atoms with van der Waals surface area (Å²) in [6, 6.07) is 9.06. The van der Waals surface area contributed by atoms with Gasteiger partial charge in [-0.2, -0.15) is 11.8 Å². The molecule has 2 aromatic carbocycles. The van der Waals surface area contributed by atoms with E-state index in [2.05, 4.69) is 20.7 Å². The van der Waals surface area contributed by atoms with Crippen molar-refractivity contribution in [3.05, 3.63) is 57.3 Å². The molecule has 0 saturated heterocycles. The van der Waals surface area contributed by atoms with E-state index in [4.69, 9.17) is 16.3 Å². The van der Waals surface area contributed by atoms with Crippen LogP contribution in [0.4, 0.5) is 4.39 Å². The van der Waals surface area contributed by atoms with E-state index in [0.29, 0.717) is 32.3 Å². The molecule has 4 nitrogen and oxygen atoms in total. The molecular formula is C16H16BrClFNO3S2. The van der Waals surface area contributed by atoms with E-state index in [9.17, 15) is 12.8 Å². The SMILES string of the molecule is COc1ccc(S(=O)(=O)NCCSCc2c(F)cccc2Cl)cc1Br. The summed E-state index contributed by atoms with van der Waals surface area (Å²) in [7, 11) is -2.11. The van der Waals surface area contributed by atoms with E-state index in [1.54, 1.807) is 18.2 Å². The third-order valence-electron chi connectivity index (χ3n) is 3.28. The van der Waals surface area contributed by atoms with Crippen LogP contribution in [-0.4, -0.2) is 27.8 Å². The fourth-order valence-corrected chi connectivity index (χ4v) is 5.07. The Labute approximate surface area is 164 Å². The van der Waals surface area contributed by atoms with Crippen molar-refractivity contribution in [2.75, 3.05) is 19.4 Å². The number of halogens is 3. The number of sulfonamides is 1. The van der Waals surface area contributed by atoms with Gasteiger partial charge >= 0.3 is 0 Å². The number of hydrogen-bond acceptors (Lipinski definition) is 4. The third kappa shape index (κ3) is 5.59. The average Bonchev–Trinajstić information content (AvgIpc) is 2.56. The van der Waals surface area contributed by atoms with Gasteiger partial charge in [0.2, 0.25) is 10.0 Å². The Bertz CT molecular complexity index is 829. The summed E-state index contributed by atoms with van der Waals surface area (Å²) in [5.41, 5.74) is 0.427. The van der Waals surface area contributed by atoms with Gasteiger partial charge in [-0.15, -0.1) is 0 Å². The molecule has 0 aromatic heterocycles. The second-order valence-corrected chi connectivity index (χ2v) is 9.08. The number of ether oxygens (including phenoxy) is 1. The zero-order chi connectivity index (χ0) is 18.4. The van der Waals surface area contributed by atoms with Crippen LogP contribution in [0.2, 0.25) is 5.02 Å². The lowest BCUT2D eigenvalue weighted by Gasteiger charge is -2.09. The minimum Gasteiger partial charge on any atom is -0.496 e. The molecule has 2 aromatic rings. The Morgan fingerprint density at radius 3 is 2.72 bits per heavy atom. The minimum absolute atomic E-state index is 0.141. The highest BCUT2D eigenvalue weighted by molar-refractivity contribution is 9.10. The summed E-state index contributed by atoms with van der Waals surface area (Å²) in [4.78, 5) is 0.141. The van der Waals surface area contributed by atoms with Crippen molar-refractivity contribution in [2.45, 2.75) is 10.6 Å². The highest BCUT2D eigenvalue weighted by Gasteiger charge is 2.15. The fraction of sp³-hybridized carbons (Fsp3) is 0.250. The molecule has 25 heavy (non-hydrogen) atoms. The second-order valence-electron chi connectivity index (χ2n) is 4.95. The quantitative estimate of drug-likeness (QED) is 0.581. The van der Waals surface area contributed by atoms with Crippen LogP contribution in [0.25, 0.3) is 0 Å². The molecule has 0 aliphatic rings. The van der Waals surface area contributed by atoms with Crippen LogP contribution in [0.3, 0.4) is 0 Å². The number of rotatable bonds is 8. The molecule has 0 aliphatic heterocycles. The summed E-state index contributed by atoms with van der Waals surface area (Å²) in [6.07, 6.45) is 0. The number of nitrogens with one attached hydrogen (secondary N) is 1. The van der Waals surface area contributed by atoms with Gasteiger partial charge in [-0.1, -0.05) is 17.7 Å². The summed E-state index contributed by atoms with van der Waals surface area (Å²) < 4.78 is 46.3. The number of benzene rings is 2. The van der Waals surface area contributed by atoms with Gasteiger partial charge < -0.3 is 4.74 Å². The van der Waals surface area contributed by atoms with Crippen molar-refractivity contribution in [2.24, 2.45) is 0 Å². The number of thioether (sulfide) groups is 1. The molecule has 0 saturated carbocycles. The predicted molar refractivity (Wildman–Crippen MR) is 103 cm³/mol. The van der Waals surface area contributed by atoms with Crippen LogP contribution in [0, 0.1) is 5.82 Å². The van der Waals surface area contributed by atoms with Crippen LogP contribution in [0.15, 0.2) is 45.8 Å². The zero-order valence-electron chi connectivity index (χ0n) is 13.3. The molecule has 136 valence electrons. The Morgan fingerprint density at radius 2 is 2.08 bits per heavy atom. The number of hydrogen-bond donors (Lipinski definition) is 1. The highest BCUT2D eigenvalue weighted by Crippen LogP contribution is 2.27. The highest BCUT2D eigenvalue weighted by atomic mass is 79.9. The van der Waals surface area contributed by atoms with E-state index in [1.165, 1.54) is 37.1 Å². The van der Waals surface area contributed by atoms with Gasteiger partial charge in [0, 0.05) is 28.6 Å². The van der Waals surface area contributed by atoms with E-state index >= 15 is 0 Å². The molecule has 0 unspecified atom stereocenters.